The number of thioether (sulfide) groups is 1. The van der Waals surface area contributed by atoms with E-state index in [0.29, 0.717) is 11.4 Å². The van der Waals surface area contributed by atoms with Crippen LogP contribution in [-0.4, -0.2) is 4.92 Å². The van der Waals surface area contributed by atoms with Gasteiger partial charge in [0, 0.05) is 28.5 Å². The van der Waals surface area contributed by atoms with Crippen molar-refractivity contribution in [1.82, 2.24) is 0 Å². The van der Waals surface area contributed by atoms with Crippen molar-refractivity contribution >= 4 is 23.1 Å². The van der Waals surface area contributed by atoms with Crippen LogP contribution < -0.4 is 5.73 Å². The maximum absolute atomic E-state index is 10.8. The number of hydrogen-bond donors (Lipinski definition) is 1. The number of nitro benzene ring substituents is 1. The van der Waals surface area contributed by atoms with Crippen molar-refractivity contribution in [2.45, 2.75) is 17.6 Å². The van der Waals surface area contributed by atoms with Gasteiger partial charge in [0.1, 0.15) is 0 Å². The van der Waals surface area contributed by atoms with Crippen LogP contribution in [-0.2, 0) is 5.75 Å². The van der Waals surface area contributed by atoms with Crippen LogP contribution in [0.1, 0.15) is 11.1 Å². The number of nitrogens with zero attached hydrogens (tertiary/aromatic N) is 1. The monoisotopic (exact) mass is 274 g/mol. The molecule has 0 spiro atoms. The molecule has 0 radical (unpaired) electrons. The van der Waals surface area contributed by atoms with Crippen LogP contribution in [0, 0.1) is 17.0 Å². The molecule has 0 aliphatic rings. The van der Waals surface area contributed by atoms with Crippen LogP contribution in [0.3, 0.4) is 0 Å². The minimum atomic E-state index is -0.401. The third kappa shape index (κ3) is 3.26. The molecular weight excluding hydrogens is 260 g/mol. The summed E-state index contributed by atoms with van der Waals surface area (Å²) in [5.74, 6) is 0.623. The number of nitro groups is 1. The highest BCUT2D eigenvalue weighted by Crippen LogP contribution is 2.29. The molecule has 0 saturated heterocycles. The number of aryl methyl sites for hydroxylation is 1. The summed E-state index contributed by atoms with van der Waals surface area (Å²) < 4.78 is 0. The van der Waals surface area contributed by atoms with Gasteiger partial charge in [-0.15, -0.1) is 11.8 Å². The first-order chi connectivity index (χ1) is 9.08. The van der Waals surface area contributed by atoms with Gasteiger partial charge in [0.05, 0.1) is 4.92 Å². The van der Waals surface area contributed by atoms with Crippen LogP contribution in [0.4, 0.5) is 11.4 Å². The molecule has 0 unspecified atom stereocenters. The normalized spacial score (nSPS) is 10.4. The molecule has 0 atom stereocenters. The van der Waals surface area contributed by atoms with E-state index < -0.39 is 4.92 Å². The minimum absolute atomic E-state index is 0.0783. The number of benzene rings is 2. The highest BCUT2D eigenvalue weighted by Gasteiger charge is 2.09. The molecule has 0 aliphatic heterocycles. The molecule has 2 rings (SSSR count). The molecular formula is C14H14N2O2S. The fraction of sp³-hybridized carbons (Fsp3) is 0.143. The molecule has 0 amide bonds. The van der Waals surface area contributed by atoms with Gasteiger partial charge in [0.2, 0.25) is 0 Å². The Kier molecular flexibility index (Phi) is 4.06. The van der Waals surface area contributed by atoms with E-state index in [4.69, 9.17) is 5.73 Å². The number of anilines is 1. The smallest absolute Gasteiger partial charge is 0.269 e. The van der Waals surface area contributed by atoms with E-state index in [1.54, 1.807) is 23.9 Å². The van der Waals surface area contributed by atoms with Crippen molar-refractivity contribution in [3.63, 3.8) is 0 Å². The Morgan fingerprint density at radius 1 is 1.26 bits per heavy atom. The first kappa shape index (κ1) is 13.4. The Balaban J connectivity index is 2.17. The van der Waals surface area contributed by atoms with Crippen molar-refractivity contribution in [2.75, 3.05) is 5.73 Å². The molecule has 0 saturated carbocycles. The second-order valence-electron chi connectivity index (χ2n) is 4.19. The number of hydrogen-bond acceptors (Lipinski definition) is 4. The first-order valence-electron chi connectivity index (χ1n) is 5.79. The minimum Gasteiger partial charge on any atom is -0.398 e. The lowest BCUT2D eigenvalue weighted by atomic mass is 10.2. The Labute approximate surface area is 115 Å². The number of non-ortho nitro benzene ring substituents is 1. The molecule has 0 fully saturated rings. The maximum Gasteiger partial charge on any atom is 0.269 e. The average molecular weight is 274 g/mol. The van der Waals surface area contributed by atoms with Crippen LogP contribution in [0.5, 0.6) is 0 Å². The molecule has 0 heterocycles. The van der Waals surface area contributed by atoms with Crippen LogP contribution >= 0.6 is 11.8 Å². The molecule has 0 aromatic heterocycles. The fourth-order valence-electron chi connectivity index (χ4n) is 1.70. The largest absolute Gasteiger partial charge is 0.398 e. The summed E-state index contributed by atoms with van der Waals surface area (Å²) in [6.07, 6.45) is 0. The molecule has 19 heavy (non-hydrogen) atoms. The lowest BCUT2D eigenvalue weighted by Crippen LogP contribution is -1.96. The van der Waals surface area contributed by atoms with Crippen molar-refractivity contribution in [3.05, 3.63) is 63.7 Å². The summed E-state index contributed by atoms with van der Waals surface area (Å²) in [5.41, 5.74) is 8.51. The van der Waals surface area contributed by atoms with Gasteiger partial charge in [0.15, 0.2) is 0 Å². The van der Waals surface area contributed by atoms with Gasteiger partial charge in [-0.25, -0.2) is 0 Å². The van der Waals surface area contributed by atoms with E-state index in [9.17, 15) is 10.1 Å². The molecule has 5 heteroatoms. The number of nitrogens with two attached hydrogens (primary N) is 1. The van der Waals surface area contributed by atoms with Gasteiger partial charge in [-0.1, -0.05) is 18.2 Å². The predicted molar refractivity (Wildman–Crippen MR) is 78.2 cm³/mol. The molecule has 2 N–H and O–H groups in total. The van der Waals surface area contributed by atoms with Crippen LogP contribution in [0.25, 0.3) is 0 Å². The van der Waals surface area contributed by atoms with E-state index in [2.05, 4.69) is 0 Å². The average Bonchev–Trinajstić information content (AvgIpc) is 2.39. The lowest BCUT2D eigenvalue weighted by Gasteiger charge is -2.07. The second kappa shape index (κ2) is 5.75. The van der Waals surface area contributed by atoms with Crippen molar-refractivity contribution in [1.29, 1.82) is 0 Å². The van der Waals surface area contributed by atoms with Crippen molar-refractivity contribution < 1.29 is 4.92 Å². The molecule has 0 aliphatic carbocycles. The van der Waals surface area contributed by atoms with E-state index in [-0.39, 0.29) is 5.69 Å². The summed E-state index contributed by atoms with van der Waals surface area (Å²) in [4.78, 5) is 11.5. The van der Waals surface area contributed by atoms with Crippen LogP contribution in [0.15, 0.2) is 47.4 Å². The predicted octanol–water partition coefficient (Wildman–Crippen LogP) is 3.78. The standard InChI is InChI=1S/C14H14N2O2S/c1-10-4-2-3-5-14(10)19-9-11-8-12(16(17)18)6-7-13(11)15/h2-8H,9,15H2,1H3. The first-order valence-corrected chi connectivity index (χ1v) is 6.77. The maximum atomic E-state index is 10.8. The second-order valence-corrected chi connectivity index (χ2v) is 5.21. The Morgan fingerprint density at radius 2 is 2.00 bits per heavy atom. The molecule has 2 aromatic carbocycles. The van der Waals surface area contributed by atoms with E-state index in [0.717, 1.165) is 10.5 Å². The molecule has 2 aromatic rings. The van der Waals surface area contributed by atoms with E-state index in [1.807, 2.05) is 31.2 Å². The fourth-order valence-corrected chi connectivity index (χ4v) is 2.74. The zero-order valence-corrected chi connectivity index (χ0v) is 11.3. The molecule has 0 bridgehead atoms. The van der Waals surface area contributed by atoms with Gasteiger partial charge < -0.3 is 5.73 Å². The number of rotatable bonds is 4. The highest BCUT2D eigenvalue weighted by atomic mass is 32.2. The lowest BCUT2D eigenvalue weighted by molar-refractivity contribution is -0.384. The zero-order chi connectivity index (χ0) is 13.8. The Morgan fingerprint density at radius 3 is 2.68 bits per heavy atom. The molecule has 4 nitrogen and oxygen atoms in total. The van der Waals surface area contributed by atoms with E-state index >= 15 is 0 Å². The highest BCUT2D eigenvalue weighted by molar-refractivity contribution is 7.98. The topological polar surface area (TPSA) is 69.2 Å². The third-order valence-electron chi connectivity index (χ3n) is 2.81. The van der Waals surface area contributed by atoms with Gasteiger partial charge in [-0.2, -0.15) is 0 Å². The summed E-state index contributed by atoms with van der Waals surface area (Å²) in [7, 11) is 0. The van der Waals surface area contributed by atoms with Gasteiger partial charge in [0.25, 0.3) is 5.69 Å². The molecule has 98 valence electrons. The third-order valence-corrected chi connectivity index (χ3v) is 4.04. The Bertz CT molecular complexity index is 614. The summed E-state index contributed by atoms with van der Waals surface area (Å²) in [5, 5.41) is 10.8. The zero-order valence-electron chi connectivity index (χ0n) is 10.5. The Hall–Kier alpha value is -2.01. The van der Waals surface area contributed by atoms with E-state index in [1.165, 1.54) is 11.6 Å². The summed E-state index contributed by atoms with van der Waals surface area (Å²) in [6.45, 7) is 2.04. The SMILES string of the molecule is Cc1ccccc1SCc1cc([N+](=O)[O-])ccc1N. The van der Waals surface area contributed by atoms with Gasteiger partial charge in [-0.3, -0.25) is 10.1 Å². The number of nitrogen functional groups attached to an aromatic ring is 1. The van der Waals surface area contributed by atoms with Crippen molar-refractivity contribution in [2.24, 2.45) is 0 Å². The van der Waals surface area contributed by atoms with Crippen LogP contribution in [0.2, 0.25) is 0 Å². The summed E-state index contributed by atoms with van der Waals surface area (Å²) in [6, 6.07) is 12.6. The van der Waals surface area contributed by atoms with Gasteiger partial charge in [-0.05, 0) is 30.2 Å². The van der Waals surface area contributed by atoms with Crippen molar-refractivity contribution in [3.8, 4) is 0 Å². The summed E-state index contributed by atoms with van der Waals surface area (Å²) >= 11 is 1.63. The van der Waals surface area contributed by atoms with Gasteiger partial charge >= 0.3 is 0 Å². The quantitative estimate of drug-likeness (QED) is 0.399.